The number of hydrogen-bond acceptors (Lipinski definition) is 3. The number of rotatable bonds is 4. The third-order valence-electron chi connectivity index (χ3n) is 6.67. The molecule has 0 amide bonds. The van der Waals surface area contributed by atoms with Crippen LogP contribution in [0.25, 0.3) is 0 Å². The Morgan fingerprint density at radius 2 is 2.16 bits per heavy atom. The zero-order chi connectivity index (χ0) is 14.5. The van der Waals surface area contributed by atoms with Crippen molar-refractivity contribution in [1.82, 2.24) is 0 Å². The SMILES string of the molecule is CCC1(C(SC#N)C(=O)O)C[C@H]2CC[C@@]1(C)C2(C)C. The minimum atomic E-state index is -0.821. The van der Waals surface area contributed by atoms with E-state index in [1.807, 2.05) is 5.40 Å². The standard InChI is InChI=1S/C15H23NO2S/c1-5-15(11(12(17)18)19-9-16)8-10-6-7-14(15,4)13(10,2)3/h10-11H,5-8H2,1-4H3,(H,17,18)/t10-,11?,14+,15?/m1/s1. The van der Waals surface area contributed by atoms with E-state index < -0.39 is 11.2 Å². The molecule has 4 heteroatoms. The molecular formula is C15H23NO2S. The summed E-state index contributed by atoms with van der Waals surface area (Å²) in [5, 5.41) is 20.0. The molecule has 0 spiro atoms. The van der Waals surface area contributed by atoms with Gasteiger partial charge in [0.25, 0.3) is 0 Å². The number of carboxylic acid groups (broad SMARTS) is 1. The zero-order valence-corrected chi connectivity index (χ0v) is 13.0. The average Bonchev–Trinajstić information content (AvgIpc) is 2.66. The zero-order valence-electron chi connectivity index (χ0n) is 12.2. The number of nitrogens with zero attached hydrogens (tertiary/aromatic N) is 1. The number of carbonyl (C=O) groups is 1. The van der Waals surface area contributed by atoms with Gasteiger partial charge in [-0.3, -0.25) is 4.79 Å². The fraction of sp³-hybridized carbons (Fsp3) is 0.867. The van der Waals surface area contributed by atoms with Crippen LogP contribution in [0.5, 0.6) is 0 Å². The average molecular weight is 281 g/mol. The lowest BCUT2D eigenvalue weighted by Gasteiger charge is -2.50. The molecule has 0 saturated heterocycles. The normalized spacial score (nSPS) is 40.9. The second-order valence-corrected chi connectivity index (χ2v) is 7.82. The van der Waals surface area contributed by atoms with Crippen molar-refractivity contribution in [2.45, 2.75) is 58.6 Å². The van der Waals surface area contributed by atoms with Gasteiger partial charge in [0.2, 0.25) is 0 Å². The van der Waals surface area contributed by atoms with Crippen LogP contribution in [0.3, 0.4) is 0 Å². The Bertz CT molecular complexity index is 442. The Kier molecular flexibility index (Phi) is 3.42. The van der Waals surface area contributed by atoms with Crippen LogP contribution in [0, 0.1) is 32.8 Å². The first-order chi connectivity index (χ1) is 8.77. The van der Waals surface area contributed by atoms with Crippen LogP contribution in [0.2, 0.25) is 0 Å². The first-order valence-corrected chi connectivity index (χ1v) is 7.92. The van der Waals surface area contributed by atoms with Gasteiger partial charge in [-0.25, -0.2) is 0 Å². The van der Waals surface area contributed by atoms with Gasteiger partial charge in [0.1, 0.15) is 10.7 Å². The van der Waals surface area contributed by atoms with Crippen LogP contribution in [0.1, 0.15) is 53.4 Å². The molecule has 0 aromatic heterocycles. The van der Waals surface area contributed by atoms with Gasteiger partial charge >= 0.3 is 5.97 Å². The predicted octanol–water partition coefficient (Wildman–Crippen LogP) is 3.90. The summed E-state index contributed by atoms with van der Waals surface area (Å²) in [5.41, 5.74) is -0.0509. The van der Waals surface area contributed by atoms with Crippen molar-refractivity contribution in [1.29, 1.82) is 5.26 Å². The lowest BCUT2D eigenvalue weighted by Crippen LogP contribution is -2.50. The molecule has 0 aromatic rings. The maximum atomic E-state index is 11.7. The van der Waals surface area contributed by atoms with E-state index in [4.69, 9.17) is 5.26 Å². The minimum absolute atomic E-state index is 0.0202. The number of nitriles is 1. The lowest BCUT2D eigenvalue weighted by atomic mass is 9.56. The van der Waals surface area contributed by atoms with Crippen molar-refractivity contribution < 1.29 is 9.90 Å². The molecule has 0 radical (unpaired) electrons. The number of thiocyanates is 1. The van der Waals surface area contributed by atoms with E-state index in [0.29, 0.717) is 5.92 Å². The van der Waals surface area contributed by atoms with Gasteiger partial charge in [-0.1, -0.05) is 27.7 Å². The fourth-order valence-electron chi connectivity index (χ4n) is 5.08. The molecule has 0 aromatic carbocycles. The second-order valence-electron chi connectivity index (χ2n) is 6.93. The minimum Gasteiger partial charge on any atom is -0.480 e. The highest BCUT2D eigenvalue weighted by Gasteiger charge is 2.70. The summed E-state index contributed by atoms with van der Waals surface area (Å²) in [6, 6.07) is 0. The maximum absolute atomic E-state index is 11.7. The van der Waals surface area contributed by atoms with Crippen LogP contribution in [0.15, 0.2) is 0 Å². The predicted molar refractivity (Wildman–Crippen MR) is 76.6 cm³/mol. The Labute approximate surface area is 119 Å². The van der Waals surface area contributed by atoms with Crippen LogP contribution in [-0.4, -0.2) is 16.3 Å². The van der Waals surface area contributed by atoms with Crippen LogP contribution in [0.4, 0.5) is 0 Å². The third kappa shape index (κ3) is 1.60. The van der Waals surface area contributed by atoms with Crippen LogP contribution < -0.4 is 0 Å². The first-order valence-electron chi connectivity index (χ1n) is 7.04. The number of carboxylic acids is 1. The molecule has 4 atom stereocenters. The molecular weight excluding hydrogens is 258 g/mol. The molecule has 2 rings (SSSR count). The summed E-state index contributed by atoms with van der Waals surface area (Å²) in [6.07, 6.45) is 4.09. The lowest BCUT2D eigenvalue weighted by molar-refractivity contribution is -0.142. The van der Waals surface area contributed by atoms with Crippen LogP contribution in [-0.2, 0) is 4.79 Å². The second kappa shape index (κ2) is 4.41. The summed E-state index contributed by atoms with van der Waals surface area (Å²) in [5.74, 6) is -0.225. The topological polar surface area (TPSA) is 61.1 Å². The Balaban J connectivity index is 2.51. The van der Waals surface area contributed by atoms with Crippen molar-refractivity contribution >= 4 is 17.7 Å². The van der Waals surface area contributed by atoms with Crippen molar-refractivity contribution in [2.24, 2.45) is 22.2 Å². The highest BCUT2D eigenvalue weighted by molar-refractivity contribution is 8.05. The first kappa shape index (κ1) is 14.7. The highest BCUT2D eigenvalue weighted by atomic mass is 32.2. The van der Waals surface area contributed by atoms with Crippen molar-refractivity contribution in [2.75, 3.05) is 0 Å². The monoisotopic (exact) mass is 281 g/mol. The quantitative estimate of drug-likeness (QED) is 0.794. The molecule has 1 N–H and O–H groups in total. The van der Waals surface area contributed by atoms with Gasteiger partial charge in [0.05, 0.1) is 0 Å². The van der Waals surface area contributed by atoms with E-state index in [0.717, 1.165) is 31.0 Å². The Hall–Kier alpha value is -0.690. The van der Waals surface area contributed by atoms with Gasteiger partial charge in [-0.15, -0.1) is 0 Å². The molecule has 2 bridgehead atoms. The largest absolute Gasteiger partial charge is 0.480 e. The molecule has 19 heavy (non-hydrogen) atoms. The molecule has 0 aliphatic heterocycles. The molecule has 0 heterocycles. The number of hydrogen-bond donors (Lipinski definition) is 1. The number of thioether (sulfide) groups is 1. The van der Waals surface area contributed by atoms with Gasteiger partial charge < -0.3 is 5.11 Å². The molecule has 2 aliphatic rings. The van der Waals surface area contributed by atoms with Crippen molar-refractivity contribution in [3.63, 3.8) is 0 Å². The Morgan fingerprint density at radius 3 is 2.47 bits per heavy atom. The molecule has 3 nitrogen and oxygen atoms in total. The molecule has 2 aliphatic carbocycles. The summed E-state index contributed by atoms with van der Waals surface area (Å²) in [7, 11) is 0. The van der Waals surface area contributed by atoms with E-state index in [1.54, 1.807) is 0 Å². The molecule has 106 valence electrons. The van der Waals surface area contributed by atoms with Crippen molar-refractivity contribution in [3.8, 4) is 5.40 Å². The highest BCUT2D eigenvalue weighted by Crippen LogP contribution is 2.76. The van der Waals surface area contributed by atoms with Gasteiger partial charge in [-0.05, 0) is 59.6 Å². The number of fused-ring (bicyclic) bond motifs is 2. The summed E-state index contributed by atoms with van der Waals surface area (Å²) in [6.45, 7) is 8.93. The van der Waals surface area contributed by atoms with E-state index in [9.17, 15) is 9.90 Å². The maximum Gasteiger partial charge on any atom is 0.318 e. The smallest absolute Gasteiger partial charge is 0.318 e. The fourth-order valence-corrected chi connectivity index (χ4v) is 6.03. The molecule has 2 unspecified atom stereocenters. The number of aliphatic carboxylic acids is 1. The third-order valence-corrected chi connectivity index (χ3v) is 7.67. The van der Waals surface area contributed by atoms with Crippen molar-refractivity contribution in [3.05, 3.63) is 0 Å². The summed E-state index contributed by atoms with van der Waals surface area (Å²) >= 11 is 0.950. The molecule has 2 saturated carbocycles. The summed E-state index contributed by atoms with van der Waals surface area (Å²) < 4.78 is 0. The summed E-state index contributed by atoms with van der Waals surface area (Å²) in [4.78, 5) is 11.7. The Morgan fingerprint density at radius 1 is 1.53 bits per heavy atom. The van der Waals surface area contributed by atoms with E-state index in [2.05, 4.69) is 27.7 Å². The van der Waals surface area contributed by atoms with E-state index in [1.165, 1.54) is 6.42 Å². The van der Waals surface area contributed by atoms with Gasteiger partial charge in [0, 0.05) is 0 Å². The van der Waals surface area contributed by atoms with Crippen LogP contribution >= 0.6 is 11.8 Å². The van der Waals surface area contributed by atoms with Gasteiger partial charge in [0.15, 0.2) is 0 Å². The molecule has 2 fully saturated rings. The van der Waals surface area contributed by atoms with E-state index in [-0.39, 0.29) is 16.2 Å². The van der Waals surface area contributed by atoms with E-state index >= 15 is 0 Å². The van der Waals surface area contributed by atoms with Gasteiger partial charge in [-0.2, -0.15) is 5.26 Å².